The number of benzene rings is 2. The van der Waals surface area contributed by atoms with Crippen molar-refractivity contribution in [3.8, 4) is 5.75 Å². The Kier molecular flexibility index (Phi) is 5.04. The molecule has 1 aliphatic rings. The van der Waals surface area contributed by atoms with Gasteiger partial charge in [-0.2, -0.15) is 0 Å². The first kappa shape index (κ1) is 18.7. The highest BCUT2D eigenvalue weighted by molar-refractivity contribution is 6.16. The molecule has 1 atom stereocenters. The summed E-state index contributed by atoms with van der Waals surface area (Å²) in [5.41, 5.74) is 3.40. The van der Waals surface area contributed by atoms with E-state index in [9.17, 15) is 14.7 Å². The number of Topliss-reactive ketones (excluding diaryl/α,β-unsaturated/α-hetero) is 1. The fourth-order valence-electron chi connectivity index (χ4n) is 3.59. The number of nitrogens with zero attached hydrogens (tertiary/aromatic N) is 1. The highest BCUT2D eigenvalue weighted by atomic mass is 16.5. The van der Waals surface area contributed by atoms with Gasteiger partial charge in [0.2, 0.25) is 0 Å². The third-order valence-corrected chi connectivity index (χ3v) is 4.87. The Morgan fingerprint density at radius 3 is 2.52 bits per heavy atom. The Labute approximate surface area is 158 Å². The van der Waals surface area contributed by atoms with E-state index in [1.165, 1.54) is 4.90 Å². The van der Waals surface area contributed by atoms with Crippen LogP contribution in [-0.2, 0) is 9.59 Å². The molecule has 1 heterocycles. The van der Waals surface area contributed by atoms with Crippen LogP contribution in [-0.4, -0.2) is 23.9 Å². The number of carbonyl (C=O) groups excluding carboxylic acids is 2. The summed E-state index contributed by atoms with van der Waals surface area (Å²) >= 11 is 0. The maximum atomic E-state index is 13.0. The van der Waals surface area contributed by atoms with Crippen molar-refractivity contribution in [1.29, 1.82) is 0 Å². The molecule has 0 bridgehead atoms. The van der Waals surface area contributed by atoms with Gasteiger partial charge in [0, 0.05) is 17.7 Å². The highest BCUT2D eigenvalue weighted by Crippen LogP contribution is 2.44. The molecule has 1 aliphatic heterocycles. The van der Waals surface area contributed by atoms with E-state index in [2.05, 4.69) is 0 Å². The number of amides is 1. The number of carbonyl (C=O) groups is 2. The Morgan fingerprint density at radius 1 is 1.19 bits per heavy atom. The Morgan fingerprint density at radius 2 is 1.89 bits per heavy atom. The van der Waals surface area contributed by atoms with Crippen molar-refractivity contribution in [2.45, 2.75) is 33.2 Å². The monoisotopic (exact) mass is 365 g/mol. The van der Waals surface area contributed by atoms with Crippen LogP contribution in [0, 0.1) is 13.8 Å². The molecular weight excluding hydrogens is 342 g/mol. The lowest BCUT2D eigenvalue weighted by Gasteiger charge is -2.29. The van der Waals surface area contributed by atoms with Gasteiger partial charge in [-0.3, -0.25) is 14.5 Å². The van der Waals surface area contributed by atoms with Gasteiger partial charge < -0.3 is 9.84 Å². The second-order valence-electron chi connectivity index (χ2n) is 6.65. The van der Waals surface area contributed by atoms with E-state index in [-0.39, 0.29) is 17.8 Å². The van der Waals surface area contributed by atoms with Gasteiger partial charge in [-0.05, 0) is 31.5 Å². The second-order valence-corrected chi connectivity index (χ2v) is 6.65. The normalized spacial score (nSPS) is 16.8. The van der Waals surface area contributed by atoms with E-state index >= 15 is 0 Å². The molecule has 0 spiro atoms. The summed E-state index contributed by atoms with van der Waals surface area (Å²) in [6, 6.07) is 12.2. The number of aliphatic hydroxyl groups is 1. The fourth-order valence-corrected chi connectivity index (χ4v) is 3.59. The lowest BCUT2D eigenvalue weighted by Crippen LogP contribution is -2.31. The maximum absolute atomic E-state index is 13.0. The molecule has 5 nitrogen and oxygen atoms in total. The molecule has 0 radical (unpaired) electrons. The largest absolute Gasteiger partial charge is 0.503 e. The van der Waals surface area contributed by atoms with Crippen LogP contribution in [0.1, 0.15) is 36.1 Å². The van der Waals surface area contributed by atoms with E-state index in [0.717, 1.165) is 11.1 Å². The number of aryl methyl sites for hydroxylation is 2. The topological polar surface area (TPSA) is 66.8 Å². The second kappa shape index (κ2) is 7.27. The zero-order valence-corrected chi connectivity index (χ0v) is 15.9. The minimum Gasteiger partial charge on any atom is -0.503 e. The Bertz CT molecular complexity index is 945. The molecule has 0 saturated carbocycles. The van der Waals surface area contributed by atoms with Crippen LogP contribution in [0.4, 0.5) is 5.69 Å². The molecule has 0 fully saturated rings. The number of ether oxygens (including phenoxy) is 1. The van der Waals surface area contributed by atoms with E-state index in [1.54, 1.807) is 20.1 Å². The summed E-state index contributed by atoms with van der Waals surface area (Å²) in [5, 5.41) is 10.6. The molecule has 0 aromatic heterocycles. The zero-order chi connectivity index (χ0) is 19.7. The quantitative estimate of drug-likeness (QED) is 0.863. The van der Waals surface area contributed by atoms with Gasteiger partial charge in [0.05, 0.1) is 18.7 Å². The first-order valence-electron chi connectivity index (χ1n) is 8.90. The predicted molar refractivity (Wildman–Crippen MR) is 104 cm³/mol. The van der Waals surface area contributed by atoms with Crippen LogP contribution in [0.3, 0.4) is 0 Å². The number of ketones is 1. The smallest absolute Gasteiger partial charge is 0.294 e. The summed E-state index contributed by atoms with van der Waals surface area (Å²) in [4.78, 5) is 27.1. The molecule has 1 unspecified atom stereocenters. The number of para-hydroxylation sites is 1. The maximum Gasteiger partial charge on any atom is 0.294 e. The molecular formula is C22H23NO4. The lowest BCUT2D eigenvalue weighted by molar-refractivity contribution is -0.118. The van der Waals surface area contributed by atoms with Gasteiger partial charge in [-0.25, -0.2) is 0 Å². The molecule has 1 N–H and O–H groups in total. The van der Waals surface area contributed by atoms with E-state index in [0.29, 0.717) is 17.0 Å². The Hall–Kier alpha value is -3.08. The average Bonchev–Trinajstić information content (AvgIpc) is 2.92. The van der Waals surface area contributed by atoms with Gasteiger partial charge in [-0.15, -0.1) is 0 Å². The van der Waals surface area contributed by atoms with Crippen LogP contribution < -0.4 is 9.64 Å². The molecule has 27 heavy (non-hydrogen) atoms. The van der Waals surface area contributed by atoms with Crippen molar-refractivity contribution in [3.05, 3.63) is 70.5 Å². The van der Waals surface area contributed by atoms with Crippen molar-refractivity contribution in [3.63, 3.8) is 0 Å². The minimum atomic E-state index is -0.734. The number of anilines is 1. The van der Waals surface area contributed by atoms with Gasteiger partial charge in [0.25, 0.3) is 5.91 Å². The van der Waals surface area contributed by atoms with Crippen molar-refractivity contribution in [2.75, 3.05) is 12.0 Å². The molecule has 1 amide bonds. The highest BCUT2D eigenvalue weighted by Gasteiger charge is 2.45. The number of rotatable bonds is 5. The minimum absolute atomic E-state index is 0.118. The van der Waals surface area contributed by atoms with E-state index < -0.39 is 17.7 Å². The summed E-state index contributed by atoms with van der Waals surface area (Å²) < 4.78 is 5.47. The third-order valence-electron chi connectivity index (χ3n) is 4.87. The van der Waals surface area contributed by atoms with E-state index in [1.807, 2.05) is 50.2 Å². The van der Waals surface area contributed by atoms with Crippen LogP contribution in [0.15, 0.2) is 53.8 Å². The molecule has 140 valence electrons. The van der Waals surface area contributed by atoms with Crippen molar-refractivity contribution in [2.24, 2.45) is 0 Å². The number of methoxy groups -OCH3 is 1. The van der Waals surface area contributed by atoms with Gasteiger partial charge in [-0.1, -0.05) is 42.8 Å². The summed E-state index contributed by atoms with van der Waals surface area (Å²) in [6.45, 7) is 5.60. The number of hydrogen-bond donors (Lipinski definition) is 1. The van der Waals surface area contributed by atoms with E-state index in [4.69, 9.17) is 4.74 Å². The standard InChI is InChI=1S/C22H23NO4/c1-5-17(24)19-20(15-8-6-7-9-18(15)27-4)23(22(26)21(19)25)16-11-10-13(2)12-14(16)3/h6-12,20,25H,5H2,1-4H3. The lowest BCUT2D eigenvalue weighted by atomic mass is 9.93. The van der Waals surface area contributed by atoms with Crippen molar-refractivity contribution in [1.82, 2.24) is 0 Å². The first-order chi connectivity index (χ1) is 12.9. The summed E-state index contributed by atoms with van der Waals surface area (Å²) in [6.07, 6.45) is 0.193. The number of hydrogen-bond acceptors (Lipinski definition) is 4. The van der Waals surface area contributed by atoms with Gasteiger partial charge >= 0.3 is 0 Å². The molecule has 2 aromatic rings. The molecule has 0 saturated heterocycles. The van der Waals surface area contributed by atoms with Crippen LogP contribution >= 0.6 is 0 Å². The van der Waals surface area contributed by atoms with Crippen molar-refractivity contribution >= 4 is 17.4 Å². The molecule has 5 heteroatoms. The summed E-state index contributed by atoms with van der Waals surface area (Å²) in [5.74, 6) is -0.766. The zero-order valence-electron chi connectivity index (χ0n) is 15.9. The third kappa shape index (κ3) is 3.10. The van der Waals surface area contributed by atoms with Crippen molar-refractivity contribution < 1.29 is 19.4 Å². The molecule has 0 aliphatic carbocycles. The first-order valence-corrected chi connectivity index (χ1v) is 8.90. The van der Waals surface area contributed by atoms with Crippen LogP contribution in [0.2, 0.25) is 0 Å². The van der Waals surface area contributed by atoms with Gasteiger partial charge in [0.15, 0.2) is 11.5 Å². The Balaban J connectivity index is 2.26. The average molecular weight is 365 g/mol. The number of aliphatic hydroxyl groups excluding tert-OH is 1. The molecule has 2 aromatic carbocycles. The summed E-state index contributed by atoms with van der Waals surface area (Å²) in [7, 11) is 1.54. The predicted octanol–water partition coefficient (Wildman–Crippen LogP) is 4.19. The van der Waals surface area contributed by atoms with Crippen LogP contribution in [0.5, 0.6) is 5.75 Å². The van der Waals surface area contributed by atoms with Crippen LogP contribution in [0.25, 0.3) is 0 Å². The SMILES string of the molecule is CCC(=O)C1=C(O)C(=O)N(c2ccc(C)cc2C)C1c1ccccc1OC. The fraction of sp³-hybridized carbons (Fsp3) is 0.273. The van der Waals surface area contributed by atoms with Gasteiger partial charge in [0.1, 0.15) is 5.75 Å². The molecule has 3 rings (SSSR count).